The van der Waals surface area contributed by atoms with E-state index >= 15 is 0 Å². The number of nitrogens with zero attached hydrogens (tertiary/aromatic N) is 2. The summed E-state index contributed by atoms with van der Waals surface area (Å²) in [4.78, 5) is 30.0. The Labute approximate surface area is 172 Å². The smallest absolute Gasteiger partial charge is 0.316 e. The highest BCUT2D eigenvalue weighted by molar-refractivity contribution is 6.16. The first-order valence-electron chi connectivity index (χ1n) is 9.67. The molecule has 1 N–H and O–H groups in total. The summed E-state index contributed by atoms with van der Waals surface area (Å²) >= 11 is 0. The number of rotatable bonds is 7. The van der Waals surface area contributed by atoms with Crippen LogP contribution in [-0.2, 0) is 16.0 Å². The minimum absolute atomic E-state index is 0.00193. The van der Waals surface area contributed by atoms with Gasteiger partial charge in [-0.2, -0.15) is 13.2 Å². The van der Waals surface area contributed by atoms with Crippen LogP contribution in [0, 0.1) is 0 Å². The second-order valence-corrected chi connectivity index (χ2v) is 7.00. The van der Waals surface area contributed by atoms with Crippen LogP contribution in [0.2, 0.25) is 0 Å². The number of halogens is 3. The highest BCUT2D eigenvalue weighted by Gasteiger charge is 2.67. The maximum Gasteiger partial charge on any atom is 0.442 e. The first-order chi connectivity index (χ1) is 14.3. The zero-order valence-electron chi connectivity index (χ0n) is 16.4. The Kier molecular flexibility index (Phi) is 6.24. The number of hydrogen-bond acceptors (Lipinski definition) is 3. The molecule has 0 bridgehead atoms. The Balaban J connectivity index is 2.02. The molecule has 0 unspecified atom stereocenters. The van der Waals surface area contributed by atoms with Crippen molar-refractivity contribution in [3.63, 3.8) is 0 Å². The van der Waals surface area contributed by atoms with Crippen LogP contribution in [-0.4, -0.2) is 40.9 Å². The van der Waals surface area contributed by atoms with Gasteiger partial charge in [-0.3, -0.25) is 14.5 Å². The van der Waals surface area contributed by atoms with Crippen LogP contribution in [0.1, 0.15) is 30.9 Å². The maximum atomic E-state index is 14.1. The largest absolute Gasteiger partial charge is 0.442 e. The molecule has 158 valence electrons. The third-order valence-corrected chi connectivity index (χ3v) is 4.79. The number of nitrogens with one attached hydrogen (secondary N) is 1. The predicted molar refractivity (Wildman–Crippen MR) is 107 cm³/mol. The Morgan fingerprint density at radius 2 is 1.67 bits per heavy atom. The topological polar surface area (TPSA) is 61.8 Å². The van der Waals surface area contributed by atoms with Crippen molar-refractivity contribution in [3.8, 4) is 0 Å². The van der Waals surface area contributed by atoms with Gasteiger partial charge in [0.2, 0.25) is 5.91 Å². The molecule has 8 heteroatoms. The SMILES string of the molecule is CCCC(=O)N[C@@]1(C(F)(F)F)N=C(c2ccccc2)N(CCc2ccccc2)C1=O. The van der Waals surface area contributed by atoms with E-state index in [0.29, 0.717) is 18.4 Å². The van der Waals surface area contributed by atoms with Gasteiger partial charge < -0.3 is 5.32 Å². The molecule has 3 rings (SSSR count). The highest BCUT2D eigenvalue weighted by Crippen LogP contribution is 2.38. The molecule has 2 aromatic rings. The summed E-state index contributed by atoms with van der Waals surface area (Å²) in [6.45, 7) is 1.67. The maximum absolute atomic E-state index is 14.1. The lowest BCUT2D eigenvalue weighted by molar-refractivity contribution is -0.200. The third-order valence-electron chi connectivity index (χ3n) is 4.79. The molecule has 0 aliphatic carbocycles. The quantitative estimate of drug-likeness (QED) is 0.747. The monoisotopic (exact) mass is 417 g/mol. The standard InChI is InChI=1S/C22H22F3N3O2/c1-2-9-18(29)26-21(22(23,24)25)20(30)28(15-14-16-10-5-3-6-11-16)19(27-21)17-12-7-4-8-13-17/h3-8,10-13H,2,9,14-15H2,1H3,(H,26,29)/t21-/m1/s1. The number of benzene rings is 2. The fraction of sp³-hybridized carbons (Fsp3) is 0.318. The Morgan fingerprint density at radius 1 is 1.07 bits per heavy atom. The molecular formula is C22H22F3N3O2. The molecule has 30 heavy (non-hydrogen) atoms. The van der Waals surface area contributed by atoms with Gasteiger partial charge in [0.05, 0.1) is 0 Å². The van der Waals surface area contributed by atoms with Crippen molar-refractivity contribution in [2.75, 3.05) is 6.54 Å². The molecule has 1 aliphatic heterocycles. The van der Waals surface area contributed by atoms with Crippen molar-refractivity contribution in [1.82, 2.24) is 10.2 Å². The van der Waals surface area contributed by atoms with Crippen LogP contribution in [0.5, 0.6) is 0 Å². The molecule has 1 atom stereocenters. The fourth-order valence-electron chi connectivity index (χ4n) is 3.29. The number of amides is 2. The average Bonchev–Trinajstić information content (AvgIpc) is 3.01. The molecule has 5 nitrogen and oxygen atoms in total. The van der Waals surface area contributed by atoms with Crippen molar-refractivity contribution < 1.29 is 22.8 Å². The number of carbonyl (C=O) groups is 2. The van der Waals surface area contributed by atoms with Gasteiger partial charge >= 0.3 is 11.8 Å². The van der Waals surface area contributed by atoms with Gasteiger partial charge in [0, 0.05) is 18.5 Å². The second-order valence-electron chi connectivity index (χ2n) is 7.00. The van der Waals surface area contributed by atoms with Crippen LogP contribution < -0.4 is 5.32 Å². The molecule has 0 aromatic heterocycles. The van der Waals surface area contributed by atoms with E-state index in [1.807, 2.05) is 35.6 Å². The number of amidine groups is 1. The highest BCUT2D eigenvalue weighted by atomic mass is 19.4. The first kappa shape index (κ1) is 21.5. The zero-order valence-corrected chi connectivity index (χ0v) is 16.4. The fourth-order valence-corrected chi connectivity index (χ4v) is 3.29. The molecule has 0 saturated heterocycles. The van der Waals surface area contributed by atoms with E-state index in [1.165, 1.54) is 0 Å². The molecule has 2 aromatic carbocycles. The van der Waals surface area contributed by atoms with E-state index in [2.05, 4.69) is 4.99 Å². The normalized spacial score (nSPS) is 19.0. The van der Waals surface area contributed by atoms with Gasteiger partial charge in [-0.1, -0.05) is 67.6 Å². The number of carbonyl (C=O) groups excluding carboxylic acids is 2. The van der Waals surface area contributed by atoms with E-state index in [4.69, 9.17) is 0 Å². The van der Waals surface area contributed by atoms with Gasteiger partial charge in [0.1, 0.15) is 5.84 Å². The lowest BCUT2D eigenvalue weighted by Crippen LogP contribution is -2.63. The summed E-state index contributed by atoms with van der Waals surface area (Å²) in [6.07, 6.45) is -4.53. The van der Waals surface area contributed by atoms with E-state index in [9.17, 15) is 22.8 Å². The minimum Gasteiger partial charge on any atom is -0.316 e. The molecule has 0 saturated carbocycles. The van der Waals surface area contributed by atoms with Crippen molar-refractivity contribution in [1.29, 1.82) is 0 Å². The van der Waals surface area contributed by atoms with Crippen LogP contribution in [0.15, 0.2) is 65.7 Å². The van der Waals surface area contributed by atoms with Crippen molar-refractivity contribution >= 4 is 17.6 Å². The van der Waals surface area contributed by atoms with Gasteiger partial charge in [-0.05, 0) is 18.4 Å². The lowest BCUT2D eigenvalue weighted by atomic mass is 10.1. The van der Waals surface area contributed by atoms with E-state index in [1.54, 1.807) is 37.3 Å². The van der Waals surface area contributed by atoms with Crippen molar-refractivity contribution in [2.24, 2.45) is 4.99 Å². The van der Waals surface area contributed by atoms with Gasteiger partial charge in [-0.15, -0.1) is 0 Å². The summed E-state index contributed by atoms with van der Waals surface area (Å²) in [5.74, 6) is -2.27. The van der Waals surface area contributed by atoms with Crippen LogP contribution in [0.25, 0.3) is 0 Å². The lowest BCUT2D eigenvalue weighted by Gasteiger charge is -2.29. The second kappa shape index (κ2) is 8.69. The summed E-state index contributed by atoms with van der Waals surface area (Å²) in [5, 5.41) is 1.87. The molecular weight excluding hydrogens is 395 g/mol. The van der Waals surface area contributed by atoms with Gasteiger partial charge in [0.25, 0.3) is 5.91 Å². The molecule has 0 spiro atoms. The Bertz CT molecular complexity index is 930. The molecule has 2 amide bonds. The minimum atomic E-state index is -5.09. The Morgan fingerprint density at radius 3 is 2.23 bits per heavy atom. The summed E-state index contributed by atoms with van der Waals surface area (Å²) in [7, 11) is 0. The predicted octanol–water partition coefficient (Wildman–Crippen LogP) is 3.69. The van der Waals surface area contributed by atoms with Crippen LogP contribution in [0.4, 0.5) is 13.2 Å². The summed E-state index contributed by atoms with van der Waals surface area (Å²) in [5.41, 5.74) is -2.08. The number of aliphatic imine (C=N–C) groups is 1. The number of alkyl halides is 3. The van der Waals surface area contributed by atoms with Crippen LogP contribution in [0.3, 0.4) is 0 Å². The molecule has 1 aliphatic rings. The van der Waals surface area contributed by atoms with Crippen molar-refractivity contribution in [3.05, 3.63) is 71.8 Å². The van der Waals surface area contributed by atoms with Crippen molar-refractivity contribution in [2.45, 2.75) is 38.0 Å². The molecule has 1 heterocycles. The van der Waals surface area contributed by atoms with E-state index < -0.39 is 23.7 Å². The summed E-state index contributed by atoms with van der Waals surface area (Å²) < 4.78 is 42.4. The average molecular weight is 417 g/mol. The van der Waals surface area contributed by atoms with Gasteiger partial charge in [0.15, 0.2) is 0 Å². The zero-order chi connectivity index (χ0) is 21.8. The van der Waals surface area contributed by atoms with Gasteiger partial charge in [-0.25, -0.2) is 4.99 Å². The number of hydrogen-bond donors (Lipinski definition) is 1. The van der Waals surface area contributed by atoms with Crippen LogP contribution >= 0.6 is 0 Å². The Hall–Kier alpha value is -3.16. The molecule has 0 radical (unpaired) electrons. The third kappa shape index (κ3) is 4.22. The molecule has 0 fully saturated rings. The van der Waals surface area contributed by atoms with E-state index in [-0.39, 0.29) is 18.8 Å². The first-order valence-corrected chi connectivity index (χ1v) is 9.67. The summed E-state index contributed by atoms with van der Waals surface area (Å²) in [6, 6.07) is 17.3. The van der Waals surface area contributed by atoms with E-state index in [0.717, 1.165) is 10.5 Å².